The average molecular weight is 532 g/mol. The zero-order valence-electron chi connectivity index (χ0n) is 21.9. The Balaban J connectivity index is 1.21. The highest BCUT2D eigenvalue weighted by atomic mass is 32.2. The predicted octanol–water partition coefficient (Wildman–Crippen LogP) is 5.01. The highest BCUT2D eigenvalue weighted by Gasteiger charge is 2.28. The number of aromatic nitrogens is 4. The Bertz CT molecular complexity index is 1440. The third-order valence-electron chi connectivity index (χ3n) is 7.18. The number of benzene rings is 2. The number of rotatable bonds is 9. The number of fused-ring (bicyclic) bond motifs is 3. The Morgan fingerprint density at radius 3 is 2.61 bits per heavy atom. The molecule has 38 heavy (non-hydrogen) atoms. The summed E-state index contributed by atoms with van der Waals surface area (Å²) in [4.78, 5) is 31.4. The lowest BCUT2D eigenvalue weighted by molar-refractivity contribution is -0.151. The lowest BCUT2D eigenvalue weighted by atomic mass is 9.97. The molecule has 4 aromatic rings. The molecular formula is C29H33N5O3S. The van der Waals surface area contributed by atoms with Gasteiger partial charge in [0.2, 0.25) is 11.1 Å². The van der Waals surface area contributed by atoms with Crippen molar-refractivity contribution in [2.75, 3.05) is 25.4 Å². The van der Waals surface area contributed by atoms with Crippen LogP contribution in [0.15, 0.2) is 53.7 Å². The highest BCUT2D eigenvalue weighted by molar-refractivity contribution is 7.99. The summed E-state index contributed by atoms with van der Waals surface area (Å²) >= 11 is 1.53. The van der Waals surface area contributed by atoms with Crippen LogP contribution in [-0.4, -0.2) is 62.0 Å². The number of amides is 1. The molecule has 0 bridgehead atoms. The Morgan fingerprint density at radius 1 is 1.05 bits per heavy atom. The molecule has 1 amide bonds. The summed E-state index contributed by atoms with van der Waals surface area (Å²) < 4.78 is 7.34. The van der Waals surface area contributed by atoms with Gasteiger partial charge in [0.25, 0.3) is 0 Å². The number of para-hydroxylation sites is 1. The molecular weight excluding hydrogens is 498 g/mol. The van der Waals surface area contributed by atoms with E-state index in [1.54, 1.807) is 0 Å². The van der Waals surface area contributed by atoms with E-state index < -0.39 is 0 Å². The number of ether oxygens (including phenoxy) is 1. The minimum absolute atomic E-state index is 0.0875. The van der Waals surface area contributed by atoms with Gasteiger partial charge in [-0.15, -0.1) is 10.2 Å². The van der Waals surface area contributed by atoms with Gasteiger partial charge in [-0.25, -0.2) is 4.98 Å². The summed E-state index contributed by atoms with van der Waals surface area (Å²) in [6.45, 7) is 6.29. The van der Waals surface area contributed by atoms with Gasteiger partial charge in [0.05, 0.1) is 18.0 Å². The summed E-state index contributed by atoms with van der Waals surface area (Å²) in [5.41, 5.74) is 5.21. The van der Waals surface area contributed by atoms with Gasteiger partial charge in [-0.2, -0.15) is 0 Å². The van der Waals surface area contributed by atoms with Crippen molar-refractivity contribution in [3.05, 3.63) is 59.7 Å². The summed E-state index contributed by atoms with van der Waals surface area (Å²) in [5.74, 6) is 0.645. The number of carbonyl (C=O) groups is 2. The van der Waals surface area contributed by atoms with Crippen LogP contribution < -0.4 is 0 Å². The summed E-state index contributed by atoms with van der Waals surface area (Å²) in [5, 5.41) is 10.6. The molecule has 2 aromatic heterocycles. The van der Waals surface area contributed by atoms with E-state index in [4.69, 9.17) is 9.72 Å². The van der Waals surface area contributed by atoms with Crippen molar-refractivity contribution in [1.29, 1.82) is 0 Å². The van der Waals surface area contributed by atoms with Gasteiger partial charge < -0.3 is 14.2 Å². The van der Waals surface area contributed by atoms with Crippen LogP contribution in [0.5, 0.6) is 0 Å². The molecule has 0 unspecified atom stereocenters. The number of thioether (sulfide) groups is 1. The zero-order valence-corrected chi connectivity index (χ0v) is 22.7. The van der Waals surface area contributed by atoms with E-state index in [-0.39, 0.29) is 17.8 Å². The maximum atomic E-state index is 12.7. The van der Waals surface area contributed by atoms with Crippen LogP contribution in [0.3, 0.4) is 0 Å². The van der Waals surface area contributed by atoms with Gasteiger partial charge in [0, 0.05) is 37.2 Å². The van der Waals surface area contributed by atoms with Gasteiger partial charge in [-0.3, -0.25) is 9.59 Å². The topological polar surface area (TPSA) is 90.2 Å². The second-order valence-corrected chi connectivity index (χ2v) is 10.7. The largest absolute Gasteiger partial charge is 0.466 e. The maximum absolute atomic E-state index is 12.7. The molecule has 0 N–H and O–H groups in total. The third kappa shape index (κ3) is 5.67. The second-order valence-electron chi connectivity index (χ2n) is 9.66. The van der Waals surface area contributed by atoms with Crippen molar-refractivity contribution in [2.45, 2.75) is 51.2 Å². The maximum Gasteiger partial charge on any atom is 0.309 e. The Hall–Kier alpha value is -3.46. The van der Waals surface area contributed by atoms with Crippen molar-refractivity contribution in [3.63, 3.8) is 0 Å². The fourth-order valence-corrected chi connectivity index (χ4v) is 5.76. The van der Waals surface area contributed by atoms with Crippen LogP contribution in [0, 0.1) is 12.8 Å². The van der Waals surface area contributed by atoms with E-state index in [1.807, 2.05) is 24.0 Å². The van der Waals surface area contributed by atoms with E-state index in [2.05, 4.69) is 58.1 Å². The van der Waals surface area contributed by atoms with Crippen molar-refractivity contribution in [2.24, 2.45) is 5.92 Å². The number of esters is 1. The van der Waals surface area contributed by atoms with Crippen molar-refractivity contribution in [3.8, 4) is 0 Å². The van der Waals surface area contributed by atoms with Gasteiger partial charge in [-0.1, -0.05) is 54.2 Å². The van der Waals surface area contributed by atoms with E-state index in [0.29, 0.717) is 50.7 Å². The molecule has 1 aliphatic rings. The Kier molecular flexibility index (Phi) is 8.22. The Morgan fingerprint density at radius 2 is 1.82 bits per heavy atom. The lowest BCUT2D eigenvalue weighted by Crippen LogP contribution is -2.40. The van der Waals surface area contributed by atoms with Crippen molar-refractivity contribution < 1.29 is 14.3 Å². The normalized spacial score (nSPS) is 14.3. The predicted molar refractivity (Wildman–Crippen MR) is 149 cm³/mol. The number of carbonyl (C=O) groups excluding carboxylic acids is 2. The van der Waals surface area contributed by atoms with E-state index in [9.17, 15) is 9.59 Å². The second kappa shape index (κ2) is 11.9. The molecule has 0 spiro atoms. The monoisotopic (exact) mass is 531 g/mol. The molecule has 1 fully saturated rings. The minimum atomic E-state index is -0.139. The van der Waals surface area contributed by atoms with Gasteiger partial charge in [0.1, 0.15) is 5.52 Å². The van der Waals surface area contributed by atoms with Gasteiger partial charge in [0.15, 0.2) is 5.65 Å². The SMILES string of the molecule is CCOC(=O)C1CCN(C(=O)CCCSc2nnc3c4ccccc4n(Cc4ccccc4C)c3n2)CC1. The number of nitrogens with zero attached hydrogens (tertiary/aromatic N) is 5. The Labute approximate surface area is 226 Å². The van der Waals surface area contributed by atoms with Crippen LogP contribution in [0.1, 0.15) is 43.7 Å². The van der Waals surface area contributed by atoms with Crippen LogP contribution in [0.2, 0.25) is 0 Å². The first kappa shape index (κ1) is 26.2. The van der Waals surface area contributed by atoms with E-state index >= 15 is 0 Å². The fourth-order valence-electron chi connectivity index (χ4n) is 5.04. The molecule has 1 saturated heterocycles. The first-order valence-corrected chi connectivity index (χ1v) is 14.3. The minimum Gasteiger partial charge on any atom is -0.466 e. The smallest absolute Gasteiger partial charge is 0.309 e. The third-order valence-corrected chi connectivity index (χ3v) is 8.10. The first-order valence-electron chi connectivity index (χ1n) is 13.3. The molecule has 2 aromatic carbocycles. The zero-order chi connectivity index (χ0) is 26.5. The molecule has 3 heterocycles. The van der Waals surface area contributed by atoms with Crippen LogP contribution >= 0.6 is 11.8 Å². The molecule has 0 radical (unpaired) electrons. The van der Waals surface area contributed by atoms with E-state index in [1.165, 1.54) is 22.9 Å². The summed E-state index contributed by atoms with van der Waals surface area (Å²) in [6.07, 6.45) is 2.56. The fraction of sp³-hybridized carbons (Fsp3) is 0.414. The quantitative estimate of drug-likeness (QED) is 0.170. The number of likely N-dealkylation sites (tertiary alicyclic amines) is 1. The van der Waals surface area contributed by atoms with Crippen LogP contribution in [0.25, 0.3) is 22.1 Å². The van der Waals surface area contributed by atoms with E-state index in [0.717, 1.165) is 34.2 Å². The first-order chi connectivity index (χ1) is 18.5. The number of hydrogen-bond donors (Lipinski definition) is 0. The number of piperidine rings is 1. The summed E-state index contributed by atoms with van der Waals surface area (Å²) in [7, 11) is 0. The van der Waals surface area contributed by atoms with Gasteiger partial charge in [-0.05, 0) is 50.3 Å². The standard InChI is InChI=1S/C29H33N5O3S/c1-3-37-28(36)21-14-16-33(17-15-21)25(35)13-8-18-38-29-30-27-26(31-32-29)23-11-6-7-12-24(23)34(27)19-22-10-5-4-9-20(22)2/h4-7,9-12,21H,3,8,13-19H2,1-2H3. The number of hydrogen-bond acceptors (Lipinski definition) is 7. The molecule has 8 nitrogen and oxygen atoms in total. The molecule has 0 aliphatic carbocycles. The highest BCUT2D eigenvalue weighted by Crippen LogP contribution is 2.29. The average Bonchev–Trinajstić information content (AvgIpc) is 3.25. The molecule has 0 saturated carbocycles. The molecule has 1 aliphatic heterocycles. The molecule has 5 rings (SSSR count). The van der Waals surface area contributed by atoms with Crippen LogP contribution in [0.4, 0.5) is 0 Å². The van der Waals surface area contributed by atoms with Crippen LogP contribution in [-0.2, 0) is 20.9 Å². The van der Waals surface area contributed by atoms with Gasteiger partial charge >= 0.3 is 5.97 Å². The summed E-state index contributed by atoms with van der Waals surface area (Å²) in [6, 6.07) is 16.6. The number of aryl methyl sites for hydroxylation is 1. The molecule has 0 atom stereocenters. The van der Waals surface area contributed by atoms with Crippen molar-refractivity contribution >= 4 is 45.7 Å². The molecule has 198 valence electrons. The lowest BCUT2D eigenvalue weighted by Gasteiger charge is -2.31. The van der Waals surface area contributed by atoms with Crippen molar-refractivity contribution in [1.82, 2.24) is 24.6 Å². The molecule has 9 heteroatoms.